The summed E-state index contributed by atoms with van der Waals surface area (Å²) in [4.78, 5) is 0.0166. The SMILES string of the molecule is CC(C)CN(CC(C)C)S(=O)(=O)c1c(N)cccc1Cl. The maximum absolute atomic E-state index is 12.8. The predicted molar refractivity (Wildman–Crippen MR) is 84.3 cm³/mol. The van der Waals surface area contributed by atoms with E-state index in [2.05, 4.69) is 0 Å². The standard InChI is InChI=1S/C14H23ClN2O2S/c1-10(2)8-17(9-11(3)4)20(18,19)14-12(15)6-5-7-13(14)16/h5-7,10-11H,8-9,16H2,1-4H3. The first kappa shape index (κ1) is 17.3. The molecule has 0 saturated heterocycles. The molecule has 0 spiro atoms. The van der Waals surface area contributed by atoms with E-state index in [-0.39, 0.29) is 27.4 Å². The van der Waals surface area contributed by atoms with Crippen molar-refractivity contribution in [2.75, 3.05) is 18.8 Å². The van der Waals surface area contributed by atoms with Gasteiger partial charge >= 0.3 is 0 Å². The Hall–Kier alpha value is -0.780. The van der Waals surface area contributed by atoms with E-state index in [1.54, 1.807) is 18.2 Å². The number of hydrogen-bond donors (Lipinski definition) is 1. The minimum Gasteiger partial charge on any atom is -0.398 e. The van der Waals surface area contributed by atoms with Gasteiger partial charge in [0.25, 0.3) is 0 Å². The Morgan fingerprint density at radius 3 is 2.05 bits per heavy atom. The quantitative estimate of drug-likeness (QED) is 0.819. The minimum absolute atomic E-state index is 0.0166. The minimum atomic E-state index is -3.68. The van der Waals surface area contributed by atoms with Gasteiger partial charge in [0.15, 0.2) is 0 Å². The van der Waals surface area contributed by atoms with Crippen LogP contribution in [0.4, 0.5) is 5.69 Å². The van der Waals surface area contributed by atoms with E-state index in [1.165, 1.54) is 4.31 Å². The summed E-state index contributed by atoms with van der Waals surface area (Å²) in [7, 11) is -3.68. The average molecular weight is 319 g/mol. The van der Waals surface area contributed by atoms with Crippen molar-refractivity contribution >= 4 is 27.3 Å². The molecular formula is C14H23ClN2O2S. The number of benzene rings is 1. The number of anilines is 1. The molecule has 0 atom stereocenters. The molecule has 4 nitrogen and oxygen atoms in total. The number of halogens is 1. The second kappa shape index (κ2) is 6.78. The van der Waals surface area contributed by atoms with Crippen molar-refractivity contribution in [2.24, 2.45) is 11.8 Å². The van der Waals surface area contributed by atoms with Gasteiger partial charge in [-0.3, -0.25) is 0 Å². The summed E-state index contributed by atoms with van der Waals surface area (Å²) in [6.45, 7) is 8.84. The maximum Gasteiger partial charge on any atom is 0.246 e. The van der Waals surface area contributed by atoms with Crippen molar-refractivity contribution in [2.45, 2.75) is 32.6 Å². The molecule has 20 heavy (non-hydrogen) atoms. The summed E-state index contributed by atoms with van der Waals surface area (Å²) < 4.78 is 27.1. The van der Waals surface area contributed by atoms with Gasteiger partial charge in [0.1, 0.15) is 4.90 Å². The van der Waals surface area contributed by atoms with Crippen molar-refractivity contribution in [3.05, 3.63) is 23.2 Å². The van der Waals surface area contributed by atoms with Gasteiger partial charge in [-0.25, -0.2) is 8.42 Å². The number of sulfonamides is 1. The van der Waals surface area contributed by atoms with Gasteiger partial charge in [0, 0.05) is 13.1 Å². The smallest absolute Gasteiger partial charge is 0.246 e. The molecule has 0 radical (unpaired) electrons. The van der Waals surface area contributed by atoms with E-state index in [9.17, 15) is 8.42 Å². The van der Waals surface area contributed by atoms with Gasteiger partial charge in [-0.1, -0.05) is 45.4 Å². The second-order valence-corrected chi connectivity index (χ2v) is 8.05. The molecule has 0 heterocycles. The molecule has 0 unspecified atom stereocenters. The molecule has 0 bridgehead atoms. The van der Waals surface area contributed by atoms with Crippen LogP contribution in [-0.2, 0) is 10.0 Å². The summed E-state index contributed by atoms with van der Waals surface area (Å²) in [5.74, 6) is 0.458. The fourth-order valence-corrected chi connectivity index (χ4v) is 4.41. The molecule has 0 fully saturated rings. The van der Waals surface area contributed by atoms with Crippen molar-refractivity contribution in [1.82, 2.24) is 4.31 Å². The molecule has 0 saturated carbocycles. The first-order chi connectivity index (χ1) is 9.16. The highest BCUT2D eigenvalue weighted by Crippen LogP contribution is 2.30. The monoisotopic (exact) mass is 318 g/mol. The van der Waals surface area contributed by atoms with Crippen LogP contribution in [0.3, 0.4) is 0 Å². The van der Waals surface area contributed by atoms with Gasteiger partial charge in [-0.15, -0.1) is 0 Å². The van der Waals surface area contributed by atoms with Gasteiger partial charge in [-0.2, -0.15) is 4.31 Å². The molecule has 0 amide bonds. The van der Waals surface area contributed by atoms with E-state index in [0.29, 0.717) is 13.1 Å². The zero-order valence-electron chi connectivity index (χ0n) is 12.4. The zero-order chi connectivity index (χ0) is 15.5. The molecule has 0 aliphatic heterocycles. The van der Waals surface area contributed by atoms with E-state index in [0.717, 1.165) is 0 Å². The van der Waals surface area contributed by atoms with Crippen molar-refractivity contribution in [1.29, 1.82) is 0 Å². The van der Waals surface area contributed by atoms with Gasteiger partial charge < -0.3 is 5.73 Å². The van der Waals surface area contributed by atoms with Crippen LogP contribution in [0.1, 0.15) is 27.7 Å². The summed E-state index contributed by atoms with van der Waals surface area (Å²) in [6.07, 6.45) is 0. The second-order valence-electron chi connectivity index (χ2n) is 5.77. The highest BCUT2D eigenvalue weighted by molar-refractivity contribution is 7.89. The van der Waals surface area contributed by atoms with Crippen LogP contribution < -0.4 is 5.73 Å². The van der Waals surface area contributed by atoms with Crippen LogP contribution in [0.2, 0.25) is 5.02 Å². The predicted octanol–water partition coefficient (Wildman–Crippen LogP) is 3.22. The number of hydrogen-bond acceptors (Lipinski definition) is 3. The van der Waals surface area contributed by atoms with Gasteiger partial charge in [0.05, 0.1) is 10.7 Å². The fourth-order valence-electron chi connectivity index (χ4n) is 2.01. The van der Waals surface area contributed by atoms with Gasteiger partial charge in [0.2, 0.25) is 10.0 Å². The van der Waals surface area contributed by atoms with Crippen LogP contribution >= 0.6 is 11.6 Å². The summed E-state index contributed by atoms with van der Waals surface area (Å²) in [6, 6.07) is 4.75. The number of nitrogens with zero attached hydrogens (tertiary/aromatic N) is 1. The molecule has 114 valence electrons. The highest BCUT2D eigenvalue weighted by atomic mass is 35.5. The highest BCUT2D eigenvalue weighted by Gasteiger charge is 2.29. The van der Waals surface area contributed by atoms with Crippen LogP contribution in [0.15, 0.2) is 23.1 Å². The topological polar surface area (TPSA) is 63.4 Å². The Kier molecular flexibility index (Phi) is 5.86. The molecule has 1 aromatic carbocycles. The molecule has 1 rings (SSSR count). The van der Waals surface area contributed by atoms with E-state index in [1.807, 2.05) is 27.7 Å². The Bertz CT molecular complexity index is 526. The number of rotatable bonds is 6. The Morgan fingerprint density at radius 2 is 1.65 bits per heavy atom. The van der Waals surface area contributed by atoms with Gasteiger partial charge in [-0.05, 0) is 24.0 Å². The molecule has 1 aromatic rings. The lowest BCUT2D eigenvalue weighted by Crippen LogP contribution is -2.37. The molecule has 6 heteroatoms. The molecular weight excluding hydrogens is 296 g/mol. The van der Waals surface area contributed by atoms with E-state index >= 15 is 0 Å². The third-order valence-electron chi connectivity index (χ3n) is 2.73. The summed E-state index contributed by atoms with van der Waals surface area (Å²) >= 11 is 6.05. The lowest BCUT2D eigenvalue weighted by molar-refractivity contribution is 0.333. The number of nitrogens with two attached hydrogens (primary N) is 1. The largest absolute Gasteiger partial charge is 0.398 e. The molecule has 2 N–H and O–H groups in total. The third kappa shape index (κ3) is 4.11. The number of nitrogen functional groups attached to an aromatic ring is 1. The van der Waals surface area contributed by atoms with Crippen LogP contribution in [0, 0.1) is 11.8 Å². The lowest BCUT2D eigenvalue weighted by atomic mass is 10.2. The lowest BCUT2D eigenvalue weighted by Gasteiger charge is -2.26. The third-order valence-corrected chi connectivity index (χ3v) is 5.11. The normalized spacial score (nSPS) is 12.6. The Morgan fingerprint density at radius 1 is 1.15 bits per heavy atom. The summed E-state index contributed by atoms with van der Waals surface area (Å²) in [5.41, 5.74) is 6.01. The first-order valence-corrected chi connectivity index (χ1v) is 8.52. The van der Waals surface area contributed by atoms with Crippen molar-refractivity contribution in [3.8, 4) is 0 Å². The first-order valence-electron chi connectivity index (χ1n) is 6.70. The average Bonchev–Trinajstić information content (AvgIpc) is 2.26. The Labute approximate surface area is 127 Å². The molecule has 0 aliphatic carbocycles. The van der Waals surface area contributed by atoms with Crippen molar-refractivity contribution < 1.29 is 8.42 Å². The van der Waals surface area contributed by atoms with Crippen LogP contribution in [0.5, 0.6) is 0 Å². The van der Waals surface area contributed by atoms with E-state index < -0.39 is 10.0 Å². The maximum atomic E-state index is 12.8. The Balaban J connectivity index is 3.29. The molecule has 0 aromatic heterocycles. The fraction of sp³-hybridized carbons (Fsp3) is 0.571. The zero-order valence-corrected chi connectivity index (χ0v) is 14.0. The molecule has 0 aliphatic rings. The van der Waals surface area contributed by atoms with Crippen molar-refractivity contribution in [3.63, 3.8) is 0 Å². The van der Waals surface area contributed by atoms with Crippen LogP contribution in [0.25, 0.3) is 0 Å². The van der Waals surface area contributed by atoms with E-state index in [4.69, 9.17) is 17.3 Å². The summed E-state index contributed by atoms with van der Waals surface area (Å²) in [5, 5.41) is 0.169. The van der Waals surface area contributed by atoms with Crippen LogP contribution in [-0.4, -0.2) is 25.8 Å².